The van der Waals surface area contributed by atoms with Crippen LogP contribution in [0.5, 0.6) is 0 Å². The smallest absolute Gasteiger partial charge is 0.373 e. The van der Waals surface area contributed by atoms with E-state index in [4.69, 9.17) is 11.6 Å². The number of carbonyl (C=O) groups is 1. The topological polar surface area (TPSA) is 80.9 Å². The zero-order valence-electron chi connectivity index (χ0n) is 16.0. The molecule has 1 N–H and O–H groups in total. The minimum Gasteiger partial charge on any atom is -0.475 e. The summed E-state index contributed by atoms with van der Waals surface area (Å²) < 4.78 is 2.19. The van der Waals surface area contributed by atoms with Crippen molar-refractivity contribution in [2.75, 3.05) is 0 Å². The molecule has 0 amide bonds. The maximum Gasteiger partial charge on any atom is 0.373 e. The lowest BCUT2D eigenvalue weighted by Gasteiger charge is -2.26. The van der Waals surface area contributed by atoms with Crippen LogP contribution in [0.15, 0.2) is 24.7 Å². The van der Waals surface area contributed by atoms with E-state index in [9.17, 15) is 9.90 Å². The van der Waals surface area contributed by atoms with Gasteiger partial charge < -0.3 is 9.67 Å². The Balaban J connectivity index is 1.86. The standard InChI is InChI=1S/C21H23ClN4O2/c1-12-3-5-14(6-4-12)11-26-10-13(2)17-19(26)18(25-20(24-17)21(27)28)15-7-16(22)9-23-8-15/h7-10,12,14H,3-6,11H2,1-2H3,(H,27,28). The van der Waals surface area contributed by atoms with Crippen LogP contribution in [0.2, 0.25) is 5.02 Å². The van der Waals surface area contributed by atoms with Crippen LogP contribution in [-0.4, -0.2) is 30.6 Å². The molecule has 0 radical (unpaired) electrons. The zero-order valence-corrected chi connectivity index (χ0v) is 16.8. The summed E-state index contributed by atoms with van der Waals surface area (Å²) in [5.74, 6) is 0.0472. The molecule has 1 aliphatic carbocycles. The Bertz CT molecular complexity index is 1040. The molecule has 4 rings (SSSR count). The third kappa shape index (κ3) is 3.61. The molecule has 0 bridgehead atoms. The summed E-state index contributed by atoms with van der Waals surface area (Å²) in [7, 11) is 0. The van der Waals surface area contributed by atoms with Crippen LogP contribution in [-0.2, 0) is 6.54 Å². The Labute approximate surface area is 168 Å². The summed E-state index contributed by atoms with van der Waals surface area (Å²) in [4.78, 5) is 24.4. The molecule has 3 aromatic heterocycles. The van der Waals surface area contributed by atoms with Crippen LogP contribution in [0, 0.1) is 18.8 Å². The first kappa shape index (κ1) is 18.9. The molecule has 6 nitrogen and oxygen atoms in total. The summed E-state index contributed by atoms with van der Waals surface area (Å²) in [5.41, 5.74) is 3.73. The highest BCUT2D eigenvalue weighted by molar-refractivity contribution is 6.30. The molecule has 1 aliphatic rings. The van der Waals surface area contributed by atoms with E-state index in [-0.39, 0.29) is 5.82 Å². The van der Waals surface area contributed by atoms with Crippen molar-refractivity contribution in [1.82, 2.24) is 19.5 Å². The molecule has 1 fully saturated rings. The molecule has 3 aromatic rings. The zero-order chi connectivity index (χ0) is 19.8. The molecular formula is C21H23ClN4O2. The molecule has 7 heteroatoms. The van der Waals surface area contributed by atoms with E-state index in [0.29, 0.717) is 27.7 Å². The van der Waals surface area contributed by atoms with Crippen molar-refractivity contribution >= 4 is 28.6 Å². The van der Waals surface area contributed by atoms with E-state index in [1.165, 1.54) is 25.7 Å². The third-order valence-corrected chi connectivity index (χ3v) is 5.86. The summed E-state index contributed by atoms with van der Waals surface area (Å²) in [5, 5.41) is 9.96. The average Bonchev–Trinajstić information content (AvgIpc) is 2.98. The Morgan fingerprint density at radius 1 is 1.25 bits per heavy atom. The number of carboxylic acids is 1. The molecule has 0 atom stereocenters. The minimum absolute atomic E-state index is 0.213. The number of fused-ring (bicyclic) bond motifs is 1. The van der Waals surface area contributed by atoms with Gasteiger partial charge in [-0.3, -0.25) is 4.98 Å². The number of carboxylic acid groups (broad SMARTS) is 1. The van der Waals surface area contributed by atoms with E-state index >= 15 is 0 Å². The fourth-order valence-corrected chi connectivity index (χ4v) is 4.31. The van der Waals surface area contributed by atoms with Gasteiger partial charge in [-0.2, -0.15) is 0 Å². The number of rotatable bonds is 4. The molecule has 0 spiro atoms. The predicted octanol–water partition coefficient (Wildman–Crippen LogP) is 4.98. The Kier molecular flexibility index (Phi) is 5.06. The summed E-state index contributed by atoms with van der Waals surface area (Å²) in [6.07, 6.45) is 10.2. The van der Waals surface area contributed by atoms with Crippen LogP contribution >= 0.6 is 11.6 Å². The molecule has 1 saturated carbocycles. The molecular weight excluding hydrogens is 376 g/mol. The van der Waals surface area contributed by atoms with Gasteiger partial charge in [-0.15, -0.1) is 0 Å². The molecule has 28 heavy (non-hydrogen) atoms. The van der Waals surface area contributed by atoms with Gasteiger partial charge in [-0.25, -0.2) is 14.8 Å². The Morgan fingerprint density at radius 3 is 2.68 bits per heavy atom. The van der Waals surface area contributed by atoms with Gasteiger partial charge in [0, 0.05) is 30.7 Å². The van der Waals surface area contributed by atoms with E-state index in [1.54, 1.807) is 18.5 Å². The van der Waals surface area contributed by atoms with Gasteiger partial charge in [0.2, 0.25) is 5.82 Å². The van der Waals surface area contributed by atoms with Crippen molar-refractivity contribution in [2.45, 2.75) is 46.1 Å². The Hall–Kier alpha value is -2.47. The van der Waals surface area contributed by atoms with Crippen molar-refractivity contribution in [3.63, 3.8) is 0 Å². The maximum absolute atomic E-state index is 11.6. The number of aryl methyl sites for hydroxylation is 1. The second-order valence-corrected chi connectivity index (χ2v) is 8.32. The van der Waals surface area contributed by atoms with Gasteiger partial charge in [0.25, 0.3) is 0 Å². The van der Waals surface area contributed by atoms with Gasteiger partial charge in [-0.05, 0) is 43.2 Å². The number of halogens is 1. The number of aromatic carboxylic acids is 1. The van der Waals surface area contributed by atoms with E-state index in [1.807, 2.05) is 6.92 Å². The molecule has 0 aliphatic heterocycles. The van der Waals surface area contributed by atoms with Crippen LogP contribution in [0.25, 0.3) is 22.3 Å². The SMILES string of the molecule is Cc1cn(CC2CCC(C)CC2)c2c(-c3cncc(Cl)c3)nc(C(=O)O)nc12. The lowest BCUT2D eigenvalue weighted by Crippen LogP contribution is -2.17. The first-order valence-electron chi connectivity index (χ1n) is 9.64. The molecule has 0 unspecified atom stereocenters. The second kappa shape index (κ2) is 7.51. The van der Waals surface area contributed by atoms with Crippen molar-refractivity contribution in [2.24, 2.45) is 11.8 Å². The quantitative estimate of drug-likeness (QED) is 0.670. The average molecular weight is 399 g/mol. The molecule has 0 saturated heterocycles. The highest BCUT2D eigenvalue weighted by atomic mass is 35.5. The molecule has 0 aromatic carbocycles. The van der Waals surface area contributed by atoms with Crippen LogP contribution in [0.1, 0.15) is 48.8 Å². The van der Waals surface area contributed by atoms with E-state index in [2.05, 4.69) is 32.6 Å². The normalized spacial score (nSPS) is 19.8. The highest BCUT2D eigenvalue weighted by Crippen LogP contribution is 2.34. The maximum atomic E-state index is 11.6. The fraction of sp³-hybridized carbons (Fsp3) is 0.429. The highest BCUT2D eigenvalue weighted by Gasteiger charge is 2.23. The Morgan fingerprint density at radius 2 is 2.00 bits per heavy atom. The fourth-order valence-electron chi connectivity index (χ4n) is 4.13. The lowest BCUT2D eigenvalue weighted by atomic mass is 9.83. The van der Waals surface area contributed by atoms with Crippen LogP contribution in [0.3, 0.4) is 0 Å². The third-order valence-electron chi connectivity index (χ3n) is 5.65. The van der Waals surface area contributed by atoms with Crippen molar-refractivity contribution in [3.05, 3.63) is 41.1 Å². The van der Waals surface area contributed by atoms with Crippen molar-refractivity contribution < 1.29 is 9.90 Å². The first-order chi connectivity index (χ1) is 13.4. The van der Waals surface area contributed by atoms with E-state index in [0.717, 1.165) is 23.5 Å². The number of hydrogen-bond acceptors (Lipinski definition) is 4. The summed E-state index contributed by atoms with van der Waals surface area (Å²) >= 11 is 6.13. The largest absolute Gasteiger partial charge is 0.475 e. The van der Waals surface area contributed by atoms with Crippen LogP contribution < -0.4 is 0 Å². The first-order valence-corrected chi connectivity index (χ1v) is 10.0. The number of hydrogen-bond donors (Lipinski definition) is 1. The van der Waals surface area contributed by atoms with Crippen molar-refractivity contribution in [3.8, 4) is 11.3 Å². The lowest BCUT2D eigenvalue weighted by molar-refractivity contribution is 0.0684. The number of aromatic nitrogens is 4. The van der Waals surface area contributed by atoms with Gasteiger partial charge in [0.05, 0.1) is 16.1 Å². The summed E-state index contributed by atoms with van der Waals surface area (Å²) in [6.45, 7) is 5.16. The van der Waals surface area contributed by atoms with Gasteiger partial charge in [0.15, 0.2) is 0 Å². The van der Waals surface area contributed by atoms with Gasteiger partial charge in [-0.1, -0.05) is 31.4 Å². The predicted molar refractivity (Wildman–Crippen MR) is 109 cm³/mol. The number of pyridine rings is 1. The van der Waals surface area contributed by atoms with Gasteiger partial charge in [0.1, 0.15) is 5.69 Å². The second-order valence-electron chi connectivity index (χ2n) is 7.88. The number of nitrogens with zero attached hydrogens (tertiary/aromatic N) is 4. The minimum atomic E-state index is -1.15. The monoisotopic (exact) mass is 398 g/mol. The summed E-state index contributed by atoms with van der Waals surface area (Å²) in [6, 6.07) is 1.76. The van der Waals surface area contributed by atoms with Gasteiger partial charge >= 0.3 is 5.97 Å². The van der Waals surface area contributed by atoms with Crippen LogP contribution in [0.4, 0.5) is 0 Å². The van der Waals surface area contributed by atoms with E-state index < -0.39 is 5.97 Å². The molecule has 3 heterocycles. The van der Waals surface area contributed by atoms with Crippen molar-refractivity contribution in [1.29, 1.82) is 0 Å². The molecule has 146 valence electrons.